The normalized spacial score (nSPS) is 15.2. The van der Waals surface area contributed by atoms with Crippen LogP contribution in [0.2, 0.25) is 0 Å². The molecule has 0 aromatic heterocycles. The lowest BCUT2D eigenvalue weighted by atomic mass is 9.88. The van der Waals surface area contributed by atoms with Crippen molar-refractivity contribution in [3.8, 4) is 11.1 Å². The van der Waals surface area contributed by atoms with Crippen molar-refractivity contribution in [3.05, 3.63) is 88.9 Å². The first-order valence-electron chi connectivity index (χ1n) is 7.70. The van der Waals surface area contributed by atoms with E-state index in [9.17, 15) is 0 Å². The second-order valence-corrected chi connectivity index (χ2v) is 6.08. The molecule has 2 aliphatic carbocycles. The molecule has 0 heterocycles. The van der Waals surface area contributed by atoms with Crippen LogP contribution in [0.15, 0.2) is 66.3 Å². The topological polar surface area (TPSA) is 0 Å². The Morgan fingerprint density at radius 1 is 1.00 bits per heavy atom. The molecule has 2 aliphatic rings. The van der Waals surface area contributed by atoms with Crippen LogP contribution in [-0.4, -0.2) is 0 Å². The van der Waals surface area contributed by atoms with Crippen LogP contribution >= 0.6 is 0 Å². The molecule has 21 heavy (non-hydrogen) atoms. The van der Waals surface area contributed by atoms with E-state index in [1.165, 1.54) is 39.3 Å². The fourth-order valence-electron chi connectivity index (χ4n) is 3.62. The molecule has 103 valence electrons. The van der Waals surface area contributed by atoms with Gasteiger partial charge in [0.2, 0.25) is 0 Å². The number of hydrogen-bond acceptors (Lipinski definition) is 0. The average Bonchev–Trinajstić information content (AvgIpc) is 3.13. The van der Waals surface area contributed by atoms with Crippen molar-refractivity contribution >= 4 is 0 Å². The smallest absolute Gasteiger partial charge is 0.00624 e. The SMILES string of the molecule is C[C](CC1=CC=CC1)c1cccc2c1Cc1ccccc1-2. The van der Waals surface area contributed by atoms with Gasteiger partial charge in [-0.1, -0.05) is 73.2 Å². The summed E-state index contributed by atoms with van der Waals surface area (Å²) in [5.74, 6) is 1.50. The molecule has 0 N–H and O–H groups in total. The van der Waals surface area contributed by atoms with E-state index in [1.807, 2.05) is 0 Å². The zero-order chi connectivity index (χ0) is 14.2. The van der Waals surface area contributed by atoms with Crippen LogP contribution in [0.3, 0.4) is 0 Å². The second kappa shape index (κ2) is 5.04. The molecule has 2 aromatic rings. The van der Waals surface area contributed by atoms with Crippen molar-refractivity contribution in [2.24, 2.45) is 0 Å². The summed E-state index contributed by atoms with van der Waals surface area (Å²) in [5.41, 5.74) is 8.82. The summed E-state index contributed by atoms with van der Waals surface area (Å²) in [7, 11) is 0. The molecular formula is C21H19. The fourth-order valence-corrected chi connectivity index (χ4v) is 3.62. The van der Waals surface area contributed by atoms with Gasteiger partial charge in [-0.25, -0.2) is 0 Å². The predicted molar refractivity (Wildman–Crippen MR) is 89.2 cm³/mol. The summed E-state index contributed by atoms with van der Waals surface area (Å²) >= 11 is 0. The van der Waals surface area contributed by atoms with Crippen LogP contribution in [0, 0.1) is 5.92 Å². The van der Waals surface area contributed by atoms with Crippen LogP contribution in [-0.2, 0) is 6.42 Å². The minimum absolute atomic E-state index is 1.08. The summed E-state index contributed by atoms with van der Waals surface area (Å²) in [6.45, 7) is 2.29. The van der Waals surface area contributed by atoms with Gasteiger partial charge in [0.05, 0.1) is 0 Å². The average molecular weight is 271 g/mol. The van der Waals surface area contributed by atoms with E-state index in [0.717, 1.165) is 19.3 Å². The molecule has 0 bridgehead atoms. The van der Waals surface area contributed by atoms with Gasteiger partial charge in [0.1, 0.15) is 0 Å². The van der Waals surface area contributed by atoms with Gasteiger partial charge in [-0.15, -0.1) is 0 Å². The van der Waals surface area contributed by atoms with E-state index in [0.29, 0.717) is 0 Å². The van der Waals surface area contributed by atoms with Gasteiger partial charge < -0.3 is 0 Å². The van der Waals surface area contributed by atoms with Gasteiger partial charge in [-0.05, 0) is 47.1 Å². The standard InChI is InChI=1S/C21H19/c1-15(13-16-7-2-3-8-16)18-11-6-12-20-19-10-5-4-9-17(19)14-21(18)20/h2-7,9-12H,8,13-14H2,1H3. The van der Waals surface area contributed by atoms with Gasteiger partial charge in [-0.2, -0.15) is 0 Å². The Hall–Kier alpha value is -2.08. The van der Waals surface area contributed by atoms with Gasteiger partial charge >= 0.3 is 0 Å². The Balaban J connectivity index is 1.69. The first kappa shape index (κ1) is 12.6. The highest BCUT2D eigenvalue weighted by molar-refractivity contribution is 5.78. The van der Waals surface area contributed by atoms with Crippen LogP contribution in [0.4, 0.5) is 0 Å². The van der Waals surface area contributed by atoms with E-state index in [2.05, 4.69) is 67.6 Å². The van der Waals surface area contributed by atoms with Crippen molar-refractivity contribution in [1.82, 2.24) is 0 Å². The third-order valence-corrected chi connectivity index (χ3v) is 4.65. The van der Waals surface area contributed by atoms with Crippen molar-refractivity contribution in [1.29, 1.82) is 0 Å². The third kappa shape index (κ3) is 2.15. The highest BCUT2D eigenvalue weighted by Gasteiger charge is 2.23. The second-order valence-electron chi connectivity index (χ2n) is 6.08. The Kier molecular flexibility index (Phi) is 3.03. The Labute approximate surface area is 126 Å². The minimum Gasteiger partial charge on any atom is -0.0805 e. The van der Waals surface area contributed by atoms with E-state index in [1.54, 1.807) is 0 Å². The zero-order valence-corrected chi connectivity index (χ0v) is 12.4. The maximum Gasteiger partial charge on any atom is 0.00624 e. The van der Waals surface area contributed by atoms with Crippen molar-refractivity contribution in [2.45, 2.75) is 26.2 Å². The Morgan fingerprint density at radius 2 is 1.86 bits per heavy atom. The van der Waals surface area contributed by atoms with Gasteiger partial charge in [-0.3, -0.25) is 0 Å². The molecule has 0 aliphatic heterocycles. The monoisotopic (exact) mass is 271 g/mol. The fraction of sp³-hybridized carbons (Fsp3) is 0.190. The maximum absolute atomic E-state index is 2.29. The number of benzene rings is 2. The molecule has 0 heteroatoms. The van der Waals surface area contributed by atoms with E-state index < -0.39 is 0 Å². The van der Waals surface area contributed by atoms with E-state index >= 15 is 0 Å². The first-order chi connectivity index (χ1) is 10.3. The molecule has 2 aromatic carbocycles. The first-order valence-corrected chi connectivity index (χ1v) is 7.70. The molecule has 4 rings (SSSR count). The lowest BCUT2D eigenvalue weighted by Crippen LogP contribution is -2.01. The Morgan fingerprint density at radius 3 is 2.71 bits per heavy atom. The summed E-state index contributed by atoms with van der Waals surface area (Å²) in [6.07, 6.45) is 9.98. The molecule has 0 amide bonds. The lowest BCUT2D eigenvalue weighted by molar-refractivity contribution is 0.940. The summed E-state index contributed by atoms with van der Waals surface area (Å²) in [6, 6.07) is 15.6. The largest absolute Gasteiger partial charge is 0.0805 e. The molecule has 0 nitrogen and oxygen atoms in total. The van der Waals surface area contributed by atoms with Crippen LogP contribution in [0.1, 0.15) is 36.5 Å². The Bertz CT molecular complexity index is 746. The summed E-state index contributed by atoms with van der Waals surface area (Å²) in [5, 5.41) is 0. The quantitative estimate of drug-likeness (QED) is 0.592. The molecule has 0 saturated heterocycles. The third-order valence-electron chi connectivity index (χ3n) is 4.65. The van der Waals surface area contributed by atoms with Crippen LogP contribution < -0.4 is 0 Å². The summed E-state index contributed by atoms with van der Waals surface area (Å²) < 4.78 is 0. The maximum atomic E-state index is 2.29. The summed E-state index contributed by atoms with van der Waals surface area (Å²) in [4.78, 5) is 0. The number of fused-ring (bicyclic) bond motifs is 3. The molecule has 0 fully saturated rings. The number of rotatable bonds is 3. The molecule has 0 spiro atoms. The number of hydrogen-bond donors (Lipinski definition) is 0. The molecule has 0 atom stereocenters. The highest BCUT2D eigenvalue weighted by atomic mass is 14.3. The van der Waals surface area contributed by atoms with E-state index in [-0.39, 0.29) is 0 Å². The van der Waals surface area contributed by atoms with Gasteiger partial charge in [0.15, 0.2) is 0 Å². The number of allylic oxidation sites excluding steroid dienone is 4. The van der Waals surface area contributed by atoms with Gasteiger partial charge in [0.25, 0.3) is 0 Å². The highest BCUT2D eigenvalue weighted by Crippen LogP contribution is 2.41. The van der Waals surface area contributed by atoms with Gasteiger partial charge in [0, 0.05) is 5.92 Å². The van der Waals surface area contributed by atoms with Crippen molar-refractivity contribution in [2.75, 3.05) is 0 Å². The molecule has 0 saturated carbocycles. The van der Waals surface area contributed by atoms with Crippen molar-refractivity contribution in [3.63, 3.8) is 0 Å². The molecule has 0 unspecified atom stereocenters. The minimum atomic E-state index is 1.08. The zero-order valence-electron chi connectivity index (χ0n) is 12.4. The lowest BCUT2D eigenvalue weighted by Gasteiger charge is -2.16. The predicted octanol–water partition coefficient (Wildman–Crippen LogP) is 5.48. The van der Waals surface area contributed by atoms with E-state index in [4.69, 9.17) is 0 Å². The van der Waals surface area contributed by atoms with Crippen molar-refractivity contribution < 1.29 is 0 Å². The molecule has 1 radical (unpaired) electrons. The van der Waals surface area contributed by atoms with Crippen LogP contribution in [0.25, 0.3) is 11.1 Å². The van der Waals surface area contributed by atoms with Crippen LogP contribution in [0.5, 0.6) is 0 Å². The molecular weight excluding hydrogens is 252 g/mol.